The van der Waals surface area contributed by atoms with Gasteiger partial charge in [-0.05, 0) is 0 Å². The van der Waals surface area contributed by atoms with Crippen LogP contribution in [-0.4, -0.2) is 501 Å². The molecule has 0 saturated carbocycles. The predicted molar refractivity (Wildman–Crippen MR) is 440 cm³/mol. The van der Waals surface area contributed by atoms with Gasteiger partial charge in [-0.25, -0.2) is 0 Å². The molecule has 0 bridgehead atoms. The summed E-state index contributed by atoms with van der Waals surface area (Å²) >= 11 is 0. The summed E-state index contributed by atoms with van der Waals surface area (Å²) in [5.41, 5.74) is 33.9. The van der Waals surface area contributed by atoms with Crippen molar-refractivity contribution in [3.05, 3.63) is 5.82 Å². The molecule has 12 N–H and O–H groups in total. The number of epoxide rings is 18. The van der Waals surface area contributed by atoms with Gasteiger partial charge in [-0.2, -0.15) is 44.9 Å². The Hall–Kier alpha value is -5.77. The van der Waals surface area contributed by atoms with E-state index in [0.717, 1.165) is 237 Å². The Labute approximate surface area is 716 Å². The summed E-state index contributed by atoms with van der Waals surface area (Å²) < 4.78 is 103. The first-order valence-electron chi connectivity index (χ1n) is 44.3. The maximum atomic E-state index is 5.85. The largest absolute Gasteiger partial charge is 0.372 e. The second-order valence-corrected chi connectivity index (χ2v) is 35.3. The highest BCUT2D eigenvalue weighted by atomic mass is 16.6. The van der Waals surface area contributed by atoms with E-state index in [-0.39, 0.29) is 142 Å². The van der Waals surface area contributed by atoms with Crippen LogP contribution in [0.4, 0.5) is 47.6 Å². The van der Waals surface area contributed by atoms with Gasteiger partial charge in [0.1, 0.15) is 5.82 Å². The van der Waals surface area contributed by atoms with Gasteiger partial charge >= 0.3 is 0 Å². The van der Waals surface area contributed by atoms with Gasteiger partial charge in [0.25, 0.3) is 0 Å². The number of rotatable bonds is 63. The molecule has 21 rings (SSSR count). The quantitative estimate of drug-likeness (QED) is 0.0226. The van der Waals surface area contributed by atoms with Crippen molar-refractivity contribution in [1.29, 1.82) is 0 Å². The molecule has 0 aromatic carbocycles. The molecule has 47 nitrogen and oxygen atoms in total. The van der Waals surface area contributed by atoms with E-state index in [2.05, 4.69) is 73.8 Å². The Morgan fingerprint density at radius 2 is 0.317 bits per heavy atom. The molecule has 18 saturated heterocycles. The van der Waals surface area contributed by atoms with E-state index in [1.165, 1.54) is 0 Å². The standard InChI is InChI=1S/C45H72N12O12.C21H30N6O6.C10H25N11/c1(31-13-58-31)49(2-32-14-59-32)25-55(26-50(3-33-15-60-33)4-34-16-61-34)43-46-44(56(27-51(5-35-17-62-35)6-36-18-63-36)28-52(7-37-19-64-37)8-38-20-65-38)48-45(47-43)57(29-53(9-39-21-66-39)10-40-22-67-40)30-54(11-41-23-68-41)12-42-24-69-42;1(13-7-28-13)25(2-14-8-29-14)19-22-20(26(3-15-9-30-15)4-16-10-31-16)24-21(23-19)27(5-17-11-32-17)6-18-12-33-18;11-1-7(2-12)8-17-9(20(3-13)4-14)19-10(18-8)21(5-15)6-16/h31-42H,1-30H2;13-18H,1-12H2;7H,1-6,11-16H2. The monoisotopic (exact) mass is 1730 g/mol. The third-order valence-electron chi connectivity index (χ3n) is 23.5. The van der Waals surface area contributed by atoms with E-state index in [1.807, 2.05) is 0 Å². The zero-order valence-corrected chi connectivity index (χ0v) is 70.5. The first-order valence-corrected chi connectivity index (χ1v) is 44.3. The topological polar surface area (TPSA) is 543 Å². The Balaban J connectivity index is 0.000000151. The minimum atomic E-state index is -0.194. The fourth-order valence-corrected chi connectivity index (χ4v) is 15.0. The molecule has 3 aromatic rings. The third kappa shape index (κ3) is 29.1. The van der Waals surface area contributed by atoms with E-state index in [4.69, 9.17) is 150 Å². The van der Waals surface area contributed by atoms with Crippen molar-refractivity contribution in [1.82, 2.24) is 74.3 Å². The number of nitrogens with zero attached hydrogens (tertiary/aromatic N) is 23. The Kier molecular flexibility index (Phi) is 28.5. The zero-order valence-electron chi connectivity index (χ0n) is 70.5. The molecule has 0 amide bonds. The second kappa shape index (κ2) is 40.5. The van der Waals surface area contributed by atoms with Crippen LogP contribution in [0.1, 0.15) is 11.7 Å². The van der Waals surface area contributed by atoms with Gasteiger partial charge in [0.05, 0.1) is 295 Å². The number of hydrogen-bond acceptors (Lipinski definition) is 47. The molecule has 21 heterocycles. The van der Waals surface area contributed by atoms with Crippen LogP contribution < -0.4 is 73.6 Å². The minimum absolute atomic E-state index is 0.167. The second-order valence-electron chi connectivity index (χ2n) is 35.3. The lowest BCUT2D eigenvalue weighted by atomic mass is 10.1. The first-order chi connectivity index (χ1) is 60.3. The fraction of sp³-hybridized carbons (Fsp3) is 0.882. The molecule has 0 radical (unpaired) electrons. The molecule has 3 aromatic heterocycles. The lowest BCUT2D eigenvalue weighted by molar-refractivity contribution is 0.182. The summed E-state index contributed by atoms with van der Waals surface area (Å²) in [6.07, 6.45) is 3.65. The van der Waals surface area contributed by atoms with Crippen molar-refractivity contribution < 1.29 is 85.3 Å². The first kappa shape index (κ1) is 86.6. The molecule has 684 valence electrons. The summed E-state index contributed by atoms with van der Waals surface area (Å²) in [5.74, 6) is 4.79. The Morgan fingerprint density at radius 1 is 0.187 bits per heavy atom. The van der Waals surface area contributed by atoms with E-state index in [1.54, 1.807) is 9.80 Å². The third-order valence-corrected chi connectivity index (χ3v) is 23.5. The molecule has 18 unspecified atom stereocenters. The van der Waals surface area contributed by atoms with Gasteiger partial charge in [-0.1, -0.05) is 0 Å². The van der Waals surface area contributed by atoms with Gasteiger partial charge in [0.2, 0.25) is 47.6 Å². The van der Waals surface area contributed by atoms with Gasteiger partial charge in [0, 0.05) is 137 Å². The van der Waals surface area contributed by atoms with E-state index < -0.39 is 0 Å². The van der Waals surface area contributed by atoms with Crippen LogP contribution in [0.3, 0.4) is 0 Å². The molecule has 18 atom stereocenters. The SMILES string of the molecule is C1OC1CN(CC1CO1)CN(CN(CC1CO1)CC1CO1)c1nc(N(CN(CC2CO2)CC2CO2)CN(CC2CO2)CC2CO2)nc(N(CN(CC2CO2)CC2CO2)CN(CC2CO2)CC2CO2)n1.C1OC1CN(CC1CO1)c1nc(N(CC2CO2)CC2CO2)nc(N(CC2CO2)CC2CO2)n1.NCC(CN)c1nc(N(CN)CN)nc(N(CN)CN)n1. The van der Waals surface area contributed by atoms with Crippen molar-refractivity contribution in [3.8, 4) is 0 Å². The normalized spacial score (nSPS) is 30.5. The molecule has 123 heavy (non-hydrogen) atoms. The summed E-state index contributed by atoms with van der Waals surface area (Å²) in [7, 11) is 0. The van der Waals surface area contributed by atoms with Crippen LogP contribution in [0.25, 0.3) is 0 Å². The van der Waals surface area contributed by atoms with Gasteiger partial charge < -0.3 is 159 Å². The Morgan fingerprint density at radius 3 is 0.447 bits per heavy atom. The number of anilines is 8. The summed E-state index contributed by atoms with van der Waals surface area (Å²) in [6.45, 7) is 32.6. The molecule has 18 aliphatic heterocycles. The minimum Gasteiger partial charge on any atom is -0.372 e. The van der Waals surface area contributed by atoms with Crippen molar-refractivity contribution in [2.24, 2.45) is 34.4 Å². The molecule has 18 fully saturated rings. The lowest BCUT2D eigenvalue weighted by Crippen LogP contribution is -2.51. The molecular weight excluding hydrogens is 1610 g/mol. The zero-order chi connectivity index (χ0) is 83.3. The van der Waals surface area contributed by atoms with E-state index >= 15 is 0 Å². The highest BCUT2D eigenvalue weighted by Gasteiger charge is 2.44. The number of hydrogen-bond donors (Lipinski definition) is 6. The summed E-state index contributed by atoms with van der Waals surface area (Å²) in [4.78, 5) is 76.1. The smallest absolute Gasteiger partial charge is 0.234 e. The van der Waals surface area contributed by atoms with Crippen LogP contribution in [0.5, 0.6) is 0 Å². The summed E-state index contributed by atoms with van der Waals surface area (Å²) in [6, 6.07) is 0. The molecule has 0 spiro atoms. The number of nitrogens with two attached hydrogens (primary N) is 6. The molecular formula is C76H127N29O18. The Bertz CT molecular complexity index is 3170. The van der Waals surface area contributed by atoms with Gasteiger partial charge in [-0.15, -0.1) is 0 Å². The van der Waals surface area contributed by atoms with E-state index in [9.17, 15) is 0 Å². The van der Waals surface area contributed by atoms with Gasteiger partial charge in [-0.3, -0.25) is 29.4 Å². The molecule has 0 aliphatic carbocycles. The number of aromatic nitrogens is 9. The number of ether oxygens (including phenoxy) is 18. The van der Waals surface area contributed by atoms with Gasteiger partial charge in [0.15, 0.2) is 0 Å². The van der Waals surface area contributed by atoms with E-state index in [0.29, 0.717) is 107 Å². The predicted octanol–water partition coefficient (Wildman–Crippen LogP) is -8.53. The molecule has 18 aliphatic rings. The van der Waals surface area contributed by atoms with Crippen LogP contribution in [0.2, 0.25) is 0 Å². The fourth-order valence-electron chi connectivity index (χ4n) is 15.0. The average molecular weight is 1740 g/mol. The van der Waals surface area contributed by atoms with Crippen molar-refractivity contribution in [2.45, 2.75) is 116 Å². The van der Waals surface area contributed by atoms with Crippen molar-refractivity contribution in [2.75, 3.05) is 356 Å². The van der Waals surface area contributed by atoms with Crippen LogP contribution in [-0.2, 0) is 85.3 Å². The van der Waals surface area contributed by atoms with Crippen LogP contribution in [0, 0.1) is 0 Å². The summed E-state index contributed by atoms with van der Waals surface area (Å²) in [5, 5.41) is 0. The maximum Gasteiger partial charge on any atom is 0.234 e. The average Bonchev–Trinajstić information content (AvgIpc) is 1.24. The molecule has 47 heteroatoms. The van der Waals surface area contributed by atoms with Crippen molar-refractivity contribution >= 4 is 47.6 Å². The van der Waals surface area contributed by atoms with Crippen molar-refractivity contribution in [3.63, 3.8) is 0 Å². The maximum absolute atomic E-state index is 5.85. The van der Waals surface area contributed by atoms with Crippen LogP contribution >= 0.6 is 0 Å². The van der Waals surface area contributed by atoms with Crippen LogP contribution in [0.15, 0.2) is 0 Å². The highest BCUT2D eigenvalue weighted by molar-refractivity contribution is 5.50. The lowest BCUT2D eigenvalue weighted by Gasteiger charge is -2.38. The highest BCUT2D eigenvalue weighted by Crippen LogP contribution is 2.33.